The van der Waals surface area contributed by atoms with E-state index in [4.69, 9.17) is 22.3 Å². The van der Waals surface area contributed by atoms with E-state index in [1.165, 1.54) is 29.2 Å². The van der Waals surface area contributed by atoms with Crippen LogP contribution in [0, 0.1) is 22.7 Å². The van der Waals surface area contributed by atoms with Gasteiger partial charge < -0.3 is 22.3 Å². The lowest BCUT2D eigenvalue weighted by molar-refractivity contribution is 0.330. The Bertz CT molecular complexity index is 934. The van der Waals surface area contributed by atoms with Crippen molar-refractivity contribution in [2.75, 3.05) is 12.5 Å². The molecule has 5 unspecified atom stereocenters. The Balaban J connectivity index is 0.000000171. The van der Waals surface area contributed by atoms with Crippen molar-refractivity contribution in [1.29, 1.82) is 10.8 Å². The molecule has 4 rings (SSSR count). The minimum Gasteiger partial charge on any atom is -0.402 e. The highest BCUT2D eigenvalue weighted by Crippen LogP contribution is 2.46. The average molecular weight is 458 g/mol. The van der Waals surface area contributed by atoms with Crippen LogP contribution in [0.2, 0.25) is 0 Å². The molecule has 1 saturated heterocycles. The molecule has 4 bridgehead atoms. The first-order valence-corrected chi connectivity index (χ1v) is 13.9. The van der Waals surface area contributed by atoms with Gasteiger partial charge in [0.1, 0.15) is 0 Å². The van der Waals surface area contributed by atoms with E-state index in [0.717, 1.165) is 37.0 Å². The molecule has 168 valence electrons. The van der Waals surface area contributed by atoms with E-state index in [-0.39, 0.29) is 29.2 Å². The van der Waals surface area contributed by atoms with Crippen molar-refractivity contribution in [2.45, 2.75) is 55.9 Å². The molecule has 0 aromatic rings. The van der Waals surface area contributed by atoms with Gasteiger partial charge in [0.25, 0.3) is 0 Å². The smallest absolute Gasteiger partial charge is 0.212 e. The Hall–Kier alpha value is -1.72. The fraction of sp³-hybridized carbons (Fsp3) is 0.684. The number of sulfonamides is 1. The minimum absolute atomic E-state index is 0.00806. The normalized spacial score (nSPS) is 33.9. The summed E-state index contributed by atoms with van der Waals surface area (Å²) in [6, 6.07) is -0.190. The summed E-state index contributed by atoms with van der Waals surface area (Å²) in [5, 5.41) is 14.3. The number of nitrogens with zero attached hydrogens (tertiary/aromatic N) is 1. The van der Waals surface area contributed by atoms with Crippen LogP contribution in [0.25, 0.3) is 0 Å². The number of nitrogens with two attached hydrogens (primary N) is 2. The first-order valence-electron chi connectivity index (χ1n) is 10.1. The maximum Gasteiger partial charge on any atom is 0.212 e. The summed E-state index contributed by atoms with van der Waals surface area (Å²) in [7, 11) is -6.21. The molecule has 9 nitrogen and oxygen atoms in total. The highest BCUT2D eigenvalue weighted by Gasteiger charge is 2.47. The molecule has 2 fully saturated rings. The SMILES string of the molecule is CS(=O)(=O)C1C2CCC1C(C=N)=C(N)C2.CS(=O)(=O)N1C2CCC1C(C=N)=C(N)C2. The topological polar surface area (TPSA) is 171 Å². The molecular weight excluding hydrogens is 426 g/mol. The molecule has 0 spiro atoms. The molecule has 0 aromatic heterocycles. The molecule has 11 heteroatoms. The molecule has 5 atom stereocenters. The molecular formula is C19H31N5O4S2. The number of hydrogen-bond donors (Lipinski definition) is 4. The Kier molecular flexibility index (Phi) is 6.18. The lowest BCUT2D eigenvalue weighted by Crippen LogP contribution is -2.46. The second kappa shape index (κ2) is 8.08. The monoisotopic (exact) mass is 457 g/mol. The van der Waals surface area contributed by atoms with Gasteiger partial charge in [-0.2, -0.15) is 4.31 Å². The van der Waals surface area contributed by atoms with E-state index < -0.39 is 19.9 Å². The summed E-state index contributed by atoms with van der Waals surface area (Å²) in [6.45, 7) is 0. The van der Waals surface area contributed by atoms with Crippen LogP contribution in [0.5, 0.6) is 0 Å². The van der Waals surface area contributed by atoms with Crippen LogP contribution < -0.4 is 11.5 Å². The summed E-state index contributed by atoms with van der Waals surface area (Å²) < 4.78 is 48.1. The fourth-order valence-electron chi connectivity index (χ4n) is 5.71. The van der Waals surface area contributed by atoms with E-state index in [1.807, 2.05) is 0 Å². The largest absolute Gasteiger partial charge is 0.402 e. The van der Waals surface area contributed by atoms with Crippen molar-refractivity contribution in [3.8, 4) is 0 Å². The number of fused-ring (bicyclic) bond motifs is 4. The molecule has 0 amide bonds. The molecule has 2 aliphatic heterocycles. The Labute approximate surface area is 178 Å². The third-order valence-corrected chi connectivity index (χ3v) is 9.80. The van der Waals surface area contributed by atoms with Gasteiger partial charge in [0.2, 0.25) is 10.0 Å². The van der Waals surface area contributed by atoms with Crippen LogP contribution in [-0.2, 0) is 19.9 Å². The first kappa shape index (κ1) is 23.0. The zero-order valence-electron chi connectivity index (χ0n) is 17.3. The van der Waals surface area contributed by atoms with Gasteiger partial charge in [0.05, 0.1) is 17.5 Å². The van der Waals surface area contributed by atoms with E-state index in [2.05, 4.69) is 0 Å². The van der Waals surface area contributed by atoms with Crippen LogP contribution in [-0.4, -0.2) is 63.4 Å². The standard InChI is InChI=1S/C10H16N2O2S.C9H15N3O2S/c1-15(13,14)10-6-2-3-7(10)8(5-11)9(12)4-6;1-15(13,14)12-6-2-3-9(12)7(5-10)8(11)4-6/h5-7,10-11H,2-4,12H2,1H3;5-6,9-10H,2-4,11H2,1H3. The van der Waals surface area contributed by atoms with E-state index in [0.29, 0.717) is 24.1 Å². The summed E-state index contributed by atoms with van der Waals surface area (Å²) in [5.41, 5.74) is 14.5. The van der Waals surface area contributed by atoms with Gasteiger partial charge in [0, 0.05) is 54.0 Å². The third-order valence-electron chi connectivity index (χ3n) is 6.78. The van der Waals surface area contributed by atoms with E-state index in [1.54, 1.807) is 0 Å². The maximum absolute atomic E-state index is 11.7. The predicted octanol–water partition coefficient (Wildman–Crippen LogP) is 0.737. The molecule has 1 saturated carbocycles. The van der Waals surface area contributed by atoms with Crippen LogP contribution in [0.1, 0.15) is 38.5 Å². The minimum atomic E-state index is -3.19. The number of hydrogen-bond acceptors (Lipinski definition) is 8. The molecule has 4 aliphatic rings. The Morgan fingerprint density at radius 3 is 2.03 bits per heavy atom. The van der Waals surface area contributed by atoms with Crippen molar-refractivity contribution in [3.05, 3.63) is 22.5 Å². The highest BCUT2D eigenvalue weighted by molar-refractivity contribution is 7.91. The van der Waals surface area contributed by atoms with Crippen LogP contribution in [0.4, 0.5) is 0 Å². The second-order valence-electron chi connectivity index (χ2n) is 8.74. The molecule has 0 aromatic carbocycles. The Morgan fingerprint density at radius 2 is 1.50 bits per heavy atom. The van der Waals surface area contributed by atoms with Gasteiger partial charge in [0.15, 0.2) is 9.84 Å². The zero-order valence-corrected chi connectivity index (χ0v) is 19.0. The van der Waals surface area contributed by atoms with Gasteiger partial charge in [-0.1, -0.05) is 0 Å². The van der Waals surface area contributed by atoms with Crippen molar-refractivity contribution in [3.63, 3.8) is 0 Å². The maximum atomic E-state index is 11.7. The van der Waals surface area contributed by atoms with E-state index >= 15 is 0 Å². The van der Waals surface area contributed by atoms with Gasteiger partial charge in [-0.3, -0.25) is 0 Å². The average Bonchev–Trinajstić information content (AvgIpc) is 3.13. The summed E-state index contributed by atoms with van der Waals surface area (Å²) >= 11 is 0. The van der Waals surface area contributed by atoms with Gasteiger partial charge >= 0.3 is 0 Å². The molecule has 0 radical (unpaired) electrons. The number of nitrogens with one attached hydrogen (secondary N) is 2. The molecule has 6 N–H and O–H groups in total. The van der Waals surface area contributed by atoms with Gasteiger partial charge in [-0.05, 0) is 43.6 Å². The molecule has 2 heterocycles. The van der Waals surface area contributed by atoms with E-state index in [9.17, 15) is 16.8 Å². The quantitative estimate of drug-likeness (QED) is 0.453. The lowest BCUT2D eigenvalue weighted by Gasteiger charge is -2.33. The number of allylic oxidation sites excluding steroid dienone is 2. The molecule has 2 aliphatic carbocycles. The van der Waals surface area contributed by atoms with Gasteiger partial charge in [-0.25, -0.2) is 16.8 Å². The van der Waals surface area contributed by atoms with Crippen molar-refractivity contribution < 1.29 is 16.8 Å². The molecule has 30 heavy (non-hydrogen) atoms. The number of rotatable bonds is 4. The highest BCUT2D eigenvalue weighted by atomic mass is 32.2. The predicted molar refractivity (Wildman–Crippen MR) is 118 cm³/mol. The van der Waals surface area contributed by atoms with Crippen molar-refractivity contribution >= 4 is 32.3 Å². The van der Waals surface area contributed by atoms with Gasteiger partial charge in [-0.15, -0.1) is 0 Å². The van der Waals surface area contributed by atoms with Crippen molar-refractivity contribution in [1.82, 2.24) is 4.31 Å². The zero-order chi connectivity index (χ0) is 22.4. The summed E-state index contributed by atoms with van der Waals surface area (Å²) in [6.07, 6.45) is 9.55. The van der Waals surface area contributed by atoms with Crippen LogP contribution in [0.3, 0.4) is 0 Å². The second-order valence-corrected chi connectivity index (χ2v) is 12.8. The summed E-state index contributed by atoms with van der Waals surface area (Å²) in [5.74, 6) is 0.143. The third kappa shape index (κ3) is 4.06. The summed E-state index contributed by atoms with van der Waals surface area (Å²) in [4.78, 5) is 0. The number of sulfone groups is 1. The lowest BCUT2D eigenvalue weighted by atomic mass is 9.86. The fourth-order valence-corrected chi connectivity index (χ4v) is 8.92. The Morgan fingerprint density at radius 1 is 0.900 bits per heavy atom. The van der Waals surface area contributed by atoms with Crippen LogP contribution in [0.15, 0.2) is 22.5 Å². The van der Waals surface area contributed by atoms with Crippen molar-refractivity contribution in [2.24, 2.45) is 23.3 Å². The van der Waals surface area contributed by atoms with Crippen LogP contribution >= 0.6 is 0 Å². The first-order chi connectivity index (χ1) is 13.9.